The molecular weight excluding hydrogens is 408 g/mol. The monoisotopic (exact) mass is 432 g/mol. The molecule has 164 valence electrons. The Labute approximate surface area is 184 Å². The molecule has 1 saturated carbocycles. The number of hydrogen-bond acceptors (Lipinski definition) is 6. The number of aromatic nitrogens is 5. The Kier molecular flexibility index (Phi) is 4.66. The summed E-state index contributed by atoms with van der Waals surface area (Å²) in [6.07, 6.45) is 14.8. The molecule has 2 aliphatic rings. The van der Waals surface area contributed by atoms with Crippen LogP contribution in [0.5, 0.6) is 0 Å². The average molecular weight is 432 g/mol. The van der Waals surface area contributed by atoms with Crippen LogP contribution >= 0.6 is 0 Å². The van der Waals surface area contributed by atoms with Gasteiger partial charge in [-0.3, -0.25) is 4.68 Å². The molecule has 0 N–H and O–H groups in total. The lowest BCUT2D eigenvalue weighted by atomic mass is 9.90. The number of pyridine rings is 1. The fourth-order valence-corrected chi connectivity index (χ4v) is 4.42. The molecule has 0 unspecified atom stereocenters. The molecule has 4 aromatic rings. The van der Waals surface area contributed by atoms with Crippen LogP contribution in [-0.4, -0.2) is 48.5 Å². The van der Waals surface area contributed by atoms with Crippen molar-refractivity contribution in [2.45, 2.75) is 44.2 Å². The van der Waals surface area contributed by atoms with E-state index in [0.29, 0.717) is 30.7 Å². The van der Waals surface area contributed by atoms with E-state index in [1.807, 2.05) is 16.9 Å². The number of fused-ring (bicyclic) bond motifs is 1. The molecule has 5 heterocycles. The zero-order valence-electron chi connectivity index (χ0n) is 17.6. The minimum Gasteiger partial charge on any atom is -0.451 e. The summed E-state index contributed by atoms with van der Waals surface area (Å²) >= 11 is 0. The summed E-state index contributed by atoms with van der Waals surface area (Å²) in [4.78, 5) is 18.1. The van der Waals surface area contributed by atoms with E-state index in [1.165, 1.54) is 31.1 Å². The third-order valence-corrected chi connectivity index (χ3v) is 6.42. The topological polar surface area (TPSA) is 90.7 Å². The SMILES string of the molecule is O=C(OCc1cocn1)N1CCC(c2cnn3cc(-c4cnn(C5CC5)c4)ccc23)CC1. The molecule has 0 spiro atoms. The van der Waals surface area contributed by atoms with Crippen LogP contribution in [0.2, 0.25) is 0 Å². The Morgan fingerprint density at radius 3 is 2.72 bits per heavy atom. The molecule has 6 rings (SSSR count). The van der Waals surface area contributed by atoms with E-state index in [2.05, 4.69) is 44.4 Å². The minimum absolute atomic E-state index is 0.130. The first kappa shape index (κ1) is 19.1. The van der Waals surface area contributed by atoms with Crippen LogP contribution in [0.1, 0.15) is 48.9 Å². The average Bonchev–Trinajstić information content (AvgIpc) is 3.23. The molecule has 4 aromatic heterocycles. The van der Waals surface area contributed by atoms with Gasteiger partial charge in [0.25, 0.3) is 0 Å². The summed E-state index contributed by atoms with van der Waals surface area (Å²) in [5, 5.41) is 9.11. The second kappa shape index (κ2) is 7.81. The first-order valence-electron chi connectivity index (χ1n) is 11.1. The number of oxazole rings is 1. The smallest absolute Gasteiger partial charge is 0.410 e. The first-order valence-corrected chi connectivity index (χ1v) is 11.1. The maximum absolute atomic E-state index is 12.3. The highest BCUT2D eigenvalue weighted by atomic mass is 16.6. The fraction of sp³-hybridized carbons (Fsp3) is 0.391. The maximum Gasteiger partial charge on any atom is 0.410 e. The number of piperidine rings is 1. The summed E-state index contributed by atoms with van der Waals surface area (Å²) in [6.45, 7) is 1.46. The Morgan fingerprint density at radius 1 is 1.06 bits per heavy atom. The van der Waals surface area contributed by atoms with Gasteiger partial charge in [0.2, 0.25) is 0 Å². The van der Waals surface area contributed by atoms with E-state index in [9.17, 15) is 4.79 Å². The number of carbonyl (C=O) groups excluding carboxylic acids is 1. The van der Waals surface area contributed by atoms with E-state index in [4.69, 9.17) is 9.15 Å². The number of likely N-dealkylation sites (tertiary alicyclic amines) is 1. The largest absolute Gasteiger partial charge is 0.451 e. The highest BCUT2D eigenvalue weighted by Gasteiger charge is 2.27. The molecule has 9 heteroatoms. The maximum atomic E-state index is 12.3. The van der Waals surface area contributed by atoms with Crippen molar-refractivity contribution in [1.29, 1.82) is 0 Å². The van der Waals surface area contributed by atoms with Gasteiger partial charge < -0.3 is 14.1 Å². The van der Waals surface area contributed by atoms with Crippen LogP contribution in [0.3, 0.4) is 0 Å². The van der Waals surface area contributed by atoms with Crippen molar-refractivity contribution in [2.75, 3.05) is 13.1 Å². The molecule has 0 atom stereocenters. The van der Waals surface area contributed by atoms with Crippen LogP contribution in [0.4, 0.5) is 4.79 Å². The lowest BCUT2D eigenvalue weighted by molar-refractivity contribution is 0.0861. The summed E-state index contributed by atoms with van der Waals surface area (Å²) in [6, 6.07) is 4.87. The normalized spacial score (nSPS) is 17.2. The molecular formula is C23H24N6O3. The lowest BCUT2D eigenvalue weighted by Crippen LogP contribution is -2.38. The predicted octanol–water partition coefficient (Wildman–Crippen LogP) is 4.04. The molecule has 1 aliphatic carbocycles. The number of amides is 1. The Hall–Kier alpha value is -3.62. The zero-order chi connectivity index (χ0) is 21.5. The van der Waals surface area contributed by atoms with Gasteiger partial charge in [-0.2, -0.15) is 10.2 Å². The predicted molar refractivity (Wildman–Crippen MR) is 115 cm³/mol. The second-order valence-electron chi connectivity index (χ2n) is 8.58. The molecule has 9 nitrogen and oxygen atoms in total. The van der Waals surface area contributed by atoms with Crippen molar-refractivity contribution in [3.05, 3.63) is 60.8 Å². The van der Waals surface area contributed by atoms with Crippen LogP contribution in [0.15, 0.2) is 54.0 Å². The van der Waals surface area contributed by atoms with Crippen molar-refractivity contribution < 1.29 is 13.9 Å². The van der Waals surface area contributed by atoms with Gasteiger partial charge in [-0.05, 0) is 37.7 Å². The van der Waals surface area contributed by atoms with Crippen molar-refractivity contribution in [1.82, 2.24) is 29.3 Å². The lowest BCUT2D eigenvalue weighted by Gasteiger charge is -2.31. The third-order valence-electron chi connectivity index (χ3n) is 6.42. The summed E-state index contributed by atoms with van der Waals surface area (Å²) in [5.41, 5.74) is 5.20. The molecule has 32 heavy (non-hydrogen) atoms. The molecule has 1 saturated heterocycles. The van der Waals surface area contributed by atoms with Gasteiger partial charge in [-0.15, -0.1) is 0 Å². The Balaban J connectivity index is 1.11. The fourth-order valence-electron chi connectivity index (χ4n) is 4.42. The quantitative estimate of drug-likeness (QED) is 0.473. The van der Waals surface area contributed by atoms with Gasteiger partial charge in [-0.1, -0.05) is 6.07 Å². The second-order valence-corrected chi connectivity index (χ2v) is 8.58. The van der Waals surface area contributed by atoms with Crippen molar-refractivity contribution in [3.8, 4) is 11.1 Å². The number of rotatable bonds is 5. The van der Waals surface area contributed by atoms with Gasteiger partial charge >= 0.3 is 6.09 Å². The van der Waals surface area contributed by atoms with Crippen LogP contribution in [0.25, 0.3) is 16.6 Å². The number of carbonyl (C=O) groups is 1. The van der Waals surface area contributed by atoms with E-state index in [1.54, 1.807) is 4.90 Å². The molecule has 1 aliphatic heterocycles. The van der Waals surface area contributed by atoms with Crippen LogP contribution < -0.4 is 0 Å². The van der Waals surface area contributed by atoms with E-state index in [-0.39, 0.29) is 12.7 Å². The third kappa shape index (κ3) is 3.63. The zero-order valence-corrected chi connectivity index (χ0v) is 17.6. The number of ether oxygens (including phenoxy) is 1. The van der Waals surface area contributed by atoms with Crippen LogP contribution in [-0.2, 0) is 11.3 Å². The van der Waals surface area contributed by atoms with Crippen LogP contribution in [0, 0.1) is 0 Å². The molecule has 0 bridgehead atoms. The number of nitrogens with zero attached hydrogens (tertiary/aromatic N) is 6. The van der Waals surface area contributed by atoms with Gasteiger partial charge in [0.05, 0.1) is 24.0 Å². The Bertz CT molecular complexity index is 1230. The van der Waals surface area contributed by atoms with Gasteiger partial charge in [0.15, 0.2) is 6.39 Å². The molecule has 1 amide bonds. The summed E-state index contributed by atoms with van der Waals surface area (Å²) < 4.78 is 14.3. The van der Waals surface area contributed by atoms with E-state index in [0.717, 1.165) is 29.5 Å². The first-order chi connectivity index (χ1) is 15.7. The van der Waals surface area contributed by atoms with Gasteiger partial charge in [-0.25, -0.2) is 14.3 Å². The molecule has 0 radical (unpaired) electrons. The van der Waals surface area contributed by atoms with Crippen molar-refractivity contribution >= 4 is 11.6 Å². The van der Waals surface area contributed by atoms with Gasteiger partial charge in [0.1, 0.15) is 18.6 Å². The van der Waals surface area contributed by atoms with Crippen molar-refractivity contribution in [2.24, 2.45) is 0 Å². The highest BCUT2D eigenvalue weighted by Crippen LogP contribution is 2.36. The van der Waals surface area contributed by atoms with E-state index < -0.39 is 0 Å². The van der Waals surface area contributed by atoms with E-state index >= 15 is 0 Å². The molecule has 0 aromatic carbocycles. The summed E-state index contributed by atoms with van der Waals surface area (Å²) in [5.74, 6) is 0.371. The number of hydrogen-bond donors (Lipinski definition) is 0. The summed E-state index contributed by atoms with van der Waals surface area (Å²) in [7, 11) is 0. The highest BCUT2D eigenvalue weighted by molar-refractivity contribution is 5.68. The molecule has 2 fully saturated rings. The standard InChI is InChI=1S/C23H24N6O3/c30-23(32-14-19-13-31-15-24-19)27-7-5-16(6-8-27)21-10-26-29-11-17(1-4-22(21)29)18-9-25-28(12-18)20-2-3-20/h1,4,9-13,15-16,20H,2-3,5-8,14H2. The van der Waals surface area contributed by atoms with Gasteiger partial charge in [0, 0.05) is 42.2 Å². The Morgan fingerprint density at radius 2 is 1.94 bits per heavy atom. The van der Waals surface area contributed by atoms with Crippen molar-refractivity contribution in [3.63, 3.8) is 0 Å². The minimum atomic E-state index is -0.303.